The maximum atomic E-state index is 14.8. The van der Waals surface area contributed by atoms with Gasteiger partial charge >= 0.3 is 0 Å². The van der Waals surface area contributed by atoms with Crippen molar-refractivity contribution < 1.29 is 19.5 Å². The number of aliphatic hydroxyl groups excluding tert-OH is 1. The molecule has 8 heteroatoms. The number of rotatable bonds is 10. The Morgan fingerprint density at radius 1 is 0.907 bits per heavy atom. The zero-order valence-electron chi connectivity index (χ0n) is 26.5. The molecule has 7 nitrogen and oxygen atoms in total. The molecular formula is C35H49N3O4S. The Balaban J connectivity index is 1.51. The predicted octanol–water partition coefficient (Wildman–Crippen LogP) is 5.05. The summed E-state index contributed by atoms with van der Waals surface area (Å²) in [7, 11) is 0. The van der Waals surface area contributed by atoms with Crippen molar-refractivity contribution in [2.45, 2.75) is 94.8 Å². The minimum Gasteiger partial charge on any atom is -0.396 e. The lowest BCUT2D eigenvalue weighted by Crippen LogP contribution is -2.58. The second kappa shape index (κ2) is 12.4. The first-order valence-electron chi connectivity index (χ1n) is 16.0. The minimum atomic E-state index is -0.795. The fourth-order valence-corrected chi connectivity index (χ4v) is 10.1. The Morgan fingerprint density at radius 3 is 2.33 bits per heavy atom. The zero-order chi connectivity index (χ0) is 31.0. The third-order valence-electron chi connectivity index (χ3n) is 9.46. The van der Waals surface area contributed by atoms with Gasteiger partial charge < -0.3 is 19.8 Å². The van der Waals surface area contributed by atoms with E-state index in [-0.39, 0.29) is 35.0 Å². The van der Waals surface area contributed by atoms with E-state index in [2.05, 4.69) is 58.9 Å². The molecule has 0 bridgehead atoms. The van der Waals surface area contributed by atoms with Gasteiger partial charge in [-0.25, -0.2) is 0 Å². The van der Waals surface area contributed by atoms with Crippen LogP contribution in [0, 0.1) is 17.3 Å². The Kier molecular flexibility index (Phi) is 9.20. The Morgan fingerprint density at radius 2 is 1.63 bits per heavy atom. The summed E-state index contributed by atoms with van der Waals surface area (Å²) < 4.78 is -0.795. The normalized spacial score (nSPS) is 29.1. The van der Waals surface area contributed by atoms with Crippen LogP contribution >= 0.6 is 11.8 Å². The van der Waals surface area contributed by atoms with Crippen molar-refractivity contribution in [1.82, 2.24) is 14.7 Å². The summed E-state index contributed by atoms with van der Waals surface area (Å²) in [5.41, 5.74) is 0.672. The highest BCUT2D eigenvalue weighted by Crippen LogP contribution is 2.61. The lowest BCUT2D eigenvalue weighted by molar-refractivity contribution is -0.147. The van der Waals surface area contributed by atoms with Crippen LogP contribution in [0.1, 0.15) is 72.3 Å². The van der Waals surface area contributed by atoms with E-state index in [0.717, 1.165) is 37.7 Å². The SMILES string of the molecule is CC(C)(C)CC(C)(C)N1CC=C[C@]23S[C@@H]4C=CCN(Cc5ccccc5)C(=O)[C@@H]4[C@H]2C(=O)N(CCCCCCO)C3C1=O. The van der Waals surface area contributed by atoms with Gasteiger partial charge in [-0.1, -0.05) is 88.2 Å². The molecule has 1 N–H and O–H groups in total. The van der Waals surface area contributed by atoms with E-state index in [0.29, 0.717) is 26.2 Å². The summed E-state index contributed by atoms with van der Waals surface area (Å²) in [4.78, 5) is 49.4. The maximum Gasteiger partial charge on any atom is 0.247 e. The molecule has 5 atom stereocenters. The number of unbranched alkanes of at least 4 members (excludes halogenated alkanes) is 3. The van der Waals surface area contributed by atoms with Crippen LogP contribution in [0.15, 0.2) is 54.6 Å². The zero-order valence-corrected chi connectivity index (χ0v) is 27.3. The molecule has 1 aromatic carbocycles. The molecule has 4 heterocycles. The van der Waals surface area contributed by atoms with Crippen molar-refractivity contribution in [3.63, 3.8) is 0 Å². The number of likely N-dealkylation sites (tertiary alicyclic amines) is 1. The molecule has 2 saturated heterocycles. The molecule has 4 aliphatic rings. The fraction of sp³-hybridized carbons (Fsp3) is 0.629. The third kappa shape index (κ3) is 6.19. The van der Waals surface area contributed by atoms with Crippen LogP contribution in [0.25, 0.3) is 0 Å². The number of nitrogens with zero attached hydrogens (tertiary/aromatic N) is 3. The summed E-state index contributed by atoms with van der Waals surface area (Å²) in [5.74, 6) is -1.19. The molecule has 0 radical (unpaired) electrons. The number of carbonyl (C=O) groups is 3. The van der Waals surface area contributed by atoms with Crippen molar-refractivity contribution in [1.29, 1.82) is 0 Å². The molecule has 3 amide bonds. The number of fused-ring (bicyclic) bond motifs is 2. The Bertz CT molecular complexity index is 1260. The molecule has 0 aromatic heterocycles. The van der Waals surface area contributed by atoms with Crippen LogP contribution in [0.2, 0.25) is 0 Å². The van der Waals surface area contributed by atoms with Crippen molar-refractivity contribution in [3.8, 4) is 0 Å². The number of hydrogen-bond donors (Lipinski definition) is 1. The fourth-order valence-electron chi connectivity index (χ4n) is 8.06. The van der Waals surface area contributed by atoms with E-state index in [1.165, 1.54) is 0 Å². The molecule has 1 spiro atoms. The van der Waals surface area contributed by atoms with Gasteiger partial charge in [0.15, 0.2) is 0 Å². The van der Waals surface area contributed by atoms with E-state index in [4.69, 9.17) is 0 Å². The van der Waals surface area contributed by atoms with Gasteiger partial charge in [-0.15, -0.1) is 11.8 Å². The monoisotopic (exact) mass is 607 g/mol. The molecule has 0 aliphatic carbocycles. The van der Waals surface area contributed by atoms with Crippen LogP contribution in [0.4, 0.5) is 0 Å². The van der Waals surface area contributed by atoms with E-state index >= 15 is 0 Å². The number of benzene rings is 1. The first kappa shape index (κ1) is 31.8. The highest BCUT2D eigenvalue weighted by Gasteiger charge is 2.71. The van der Waals surface area contributed by atoms with E-state index in [1.54, 1.807) is 11.8 Å². The topological polar surface area (TPSA) is 81.2 Å². The largest absolute Gasteiger partial charge is 0.396 e. The van der Waals surface area contributed by atoms with Gasteiger partial charge in [0.2, 0.25) is 17.7 Å². The van der Waals surface area contributed by atoms with Gasteiger partial charge in [-0.2, -0.15) is 0 Å². The first-order valence-corrected chi connectivity index (χ1v) is 16.9. The van der Waals surface area contributed by atoms with E-state index in [1.807, 2.05) is 45.0 Å². The summed E-state index contributed by atoms with van der Waals surface area (Å²) in [5, 5.41) is 9.08. The highest BCUT2D eigenvalue weighted by molar-refractivity contribution is 8.02. The smallest absolute Gasteiger partial charge is 0.247 e. The van der Waals surface area contributed by atoms with E-state index in [9.17, 15) is 19.5 Å². The van der Waals surface area contributed by atoms with Gasteiger partial charge in [-0.3, -0.25) is 14.4 Å². The van der Waals surface area contributed by atoms with Gasteiger partial charge in [-0.05, 0) is 44.1 Å². The number of carbonyl (C=O) groups excluding carboxylic acids is 3. The van der Waals surface area contributed by atoms with Crippen molar-refractivity contribution in [2.75, 3.05) is 26.2 Å². The average Bonchev–Trinajstić information content (AvgIpc) is 3.24. The maximum absolute atomic E-state index is 14.8. The molecule has 1 unspecified atom stereocenters. The highest BCUT2D eigenvalue weighted by atomic mass is 32.2. The number of thioether (sulfide) groups is 1. The van der Waals surface area contributed by atoms with Crippen molar-refractivity contribution in [3.05, 3.63) is 60.2 Å². The molecule has 43 heavy (non-hydrogen) atoms. The molecule has 0 saturated carbocycles. The molecular weight excluding hydrogens is 558 g/mol. The number of hydrogen-bond acceptors (Lipinski definition) is 5. The number of amides is 3. The second-order valence-electron chi connectivity index (χ2n) is 14.5. The Hall–Kier alpha value is -2.58. The van der Waals surface area contributed by atoms with Crippen LogP contribution in [-0.2, 0) is 20.9 Å². The second-order valence-corrected chi connectivity index (χ2v) is 16.0. The van der Waals surface area contributed by atoms with Gasteiger partial charge in [0.25, 0.3) is 0 Å². The molecule has 1 aromatic rings. The summed E-state index contributed by atoms with van der Waals surface area (Å²) in [6.45, 7) is 13.0. The average molecular weight is 608 g/mol. The molecule has 2 fully saturated rings. The molecule has 5 rings (SSSR count). The quantitative estimate of drug-likeness (QED) is 0.298. The van der Waals surface area contributed by atoms with Crippen molar-refractivity contribution in [2.24, 2.45) is 17.3 Å². The molecule has 234 valence electrons. The lowest BCUT2D eigenvalue weighted by atomic mass is 9.77. The van der Waals surface area contributed by atoms with E-state index < -0.39 is 28.2 Å². The lowest BCUT2D eigenvalue weighted by Gasteiger charge is -2.44. The summed E-state index contributed by atoms with van der Waals surface area (Å²) in [6.07, 6.45) is 12.5. The van der Waals surface area contributed by atoms with Crippen LogP contribution < -0.4 is 0 Å². The van der Waals surface area contributed by atoms with Crippen LogP contribution in [-0.4, -0.2) is 85.3 Å². The van der Waals surface area contributed by atoms with Crippen LogP contribution in [0.3, 0.4) is 0 Å². The number of aliphatic hydroxyl groups is 1. The Labute approximate surface area is 261 Å². The summed E-state index contributed by atoms with van der Waals surface area (Å²) in [6, 6.07) is 9.34. The minimum absolute atomic E-state index is 0.000128. The molecule has 4 aliphatic heterocycles. The van der Waals surface area contributed by atoms with Gasteiger partial charge in [0.05, 0.1) is 16.6 Å². The first-order chi connectivity index (χ1) is 20.4. The van der Waals surface area contributed by atoms with Crippen LogP contribution in [0.5, 0.6) is 0 Å². The summed E-state index contributed by atoms with van der Waals surface area (Å²) >= 11 is 1.66. The van der Waals surface area contributed by atoms with Crippen molar-refractivity contribution >= 4 is 29.5 Å². The van der Waals surface area contributed by atoms with Gasteiger partial charge in [0, 0.05) is 43.6 Å². The third-order valence-corrected chi connectivity index (χ3v) is 11.2. The predicted molar refractivity (Wildman–Crippen MR) is 172 cm³/mol. The standard InChI is InChI=1S/C35H49N3O4S/c1-33(2,3)24-34(4,5)38-21-14-18-35-28(31(41)37(29(35)32(38)42)20-11-6-7-12-22-39)27-26(43-35)17-13-19-36(30(27)40)23-25-15-9-8-10-16-25/h8-10,13-18,26-29,39H,6-7,11-12,19-24H2,1-5H3/t26-,27+,28+,29?,35+/m1/s1. The van der Waals surface area contributed by atoms with Gasteiger partial charge in [0.1, 0.15) is 6.04 Å².